The van der Waals surface area contributed by atoms with E-state index >= 15 is 0 Å². The molecule has 0 spiro atoms. The Labute approximate surface area is 99.2 Å². The van der Waals surface area contributed by atoms with E-state index < -0.39 is 0 Å². The van der Waals surface area contributed by atoms with E-state index in [-0.39, 0.29) is 0 Å². The van der Waals surface area contributed by atoms with Crippen LogP contribution < -0.4 is 5.73 Å². The highest BCUT2D eigenvalue weighted by molar-refractivity contribution is 9.10. The third-order valence-corrected chi connectivity index (χ3v) is 4.01. The summed E-state index contributed by atoms with van der Waals surface area (Å²) in [5, 5.41) is 4.47. The van der Waals surface area contributed by atoms with Gasteiger partial charge in [-0.2, -0.15) is 5.10 Å². The van der Waals surface area contributed by atoms with Crippen molar-refractivity contribution in [3.63, 3.8) is 0 Å². The summed E-state index contributed by atoms with van der Waals surface area (Å²) in [5.74, 6) is 0. The van der Waals surface area contributed by atoms with Gasteiger partial charge < -0.3 is 5.73 Å². The number of rotatable bonds is 3. The minimum absolute atomic E-state index is 0.597. The van der Waals surface area contributed by atoms with Crippen LogP contribution in [0.2, 0.25) is 0 Å². The van der Waals surface area contributed by atoms with Gasteiger partial charge in [0.1, 0.15) is 4.60 Å². The van der Waals surface area contributed by atoms with E-state index in [0.29, 0.717) is 12.6 Å². The molecule has 1 heterocycles. The molecule has 0 unspecified atom stereocenters. The van der Waals surface area contributed by atoms with Gasteiger partial charge in [0.05, 0.1) is 12.2 Å². The van der Waals surface area contributed by atoms with Crippen LogP contribution in [0.4, 0.5) is 0 Å². The summed E-state index contributed by atoms with van der Waals surface area (Å²) in [5.41, 5.74) is 6.80. The first kappa shape index (κ1) is 11.1. The summed E-state index contributed by atoms with van der Waals surface area (Å²) in [6.07, 6.45) is 9.45. The first-order valence-electron chi connectivity index (χ1n) is 5.75. The molecule has 0 amide bonds. The Kier molecular flexibility index (Phi) is 3.81. The molecule has 1 aliphatic carbocycles. The lowest BCUT2D eigenvalue weighted by molar-refractivity contribution is 0.325. The maximum atomic E-state index is 5.56. The van der Waals surface area contributed by atoms with Gasteiger partial charge >= 0.3 is 0 Å². The number of halogens is 1. The molecule has 84 valence electrons. The third-order valence-electron chi connectivity index (χ3n) is 3.14. The van der Waals surface area contributed by atoms with Crippen molar-refractivity contribution in [3.8, 4) is 0 Å². The molecule has 0 saturated heterocycles. The molecule has 1 aromatic heterocycles. The summed E-state index contributed by atoms with van der Waals surface area (Å²) in [7, 11) is 0. The van der Waals surface area contributed by atoms with E-state index in [2.05, 4.69) is 25.7 Å². The van der Waals surface area contributed by atoms with Crippen molar-refractivity contribution < 1.29 is 0 Å². The van der Waals surface area contributed by atoms with Crippen molar-refractivity contribution in [2.45, 2.75) is 44.6 Å². The number of hydrogen-bond acceptors (Lipinski definition) is 2. The average Bonchev–Trinajstić information content (AvgIpc) is 2.63. The molecular formula is C11H18BrN3. The Morgan fingerprint density at radius 2 is 2.13 bits per heavy atom. The van der Waals surface area contributed by atoms with Gasteiger partial charge in [-0.15, -0.1) is 0 Å². The second-order valence-corrected chi connectivity index (χ2v) is 4.99. The fourth-order valence-electron chi connectivity index (χ4n) is 2.29. The molecule has 2 N–H and O–H groups in total. The van der Waals surface area contributed by atoms with Crippen molar-refractivity contribution >= 4 is 15.9 Å². The molecule has 0 radical (unpaired) electrons. The van der Waals surface area contributed by atoms with Crippen LogP contribution in [0.15, 0.2) is 10.8 Å². The van der Waals surface area contributed by atoms with Crippen LogP contribution >= 0.6 is 15.9 Å². The highest BCUT2D eigenvalue weighted by Gasteiger charge is 2.19. The van der Waals surface area contributed by atoms with Crippen LogP contribution in [0.1, 0.15) is 43.7 Å². The fourth-order valence-corrected chi connectivity index (χ4v) is 2.97. The smallest absolute Gasteiger partial charge is 0.107 e. The van der Waals surface area contributed by atoms with Crippen LogP contribution in [-0.4, -0.2) is 16.3 Å². The number of aromatic nitrogens is 2. The molecule has 1 aliphatic rings. The Balaban J connectivity index is 2.13. The lowest BCUT2D eigenvalue weighted by Crippen LogP contribution is -2.14. The van der Waals surface area contributed by atoms with Gasteiger partial charge in [-0.1, -0.05) is 19.3 Å². The van der Waals surface area contributed by atoms with Gasteiger partial charge in [-0.3, -0.25) is 4.68 Å². The predicted molar refractivity (Wildman–Crippen MR) is 64.8 cm³/mol. The molecule has 15 heavy (non-hydrogen) atoms. The minimum atomic E-state index is 0.597. The van der Waals surface area contributed by atoms with Gasteiger partial charge in [0.15, 0.2) is 0 Å². The summed E-state index contributed by atoms with van der Waals surface area (Å²) >= 11 is 3.63. The van der Waals surface area contributed by atoms with Crippen molar-refractivity contribution in [3.05, 3.63) is 16.4 Å². The Bertz CT molecular complexity index is 316. The summed E-state index contributed by atoms with van der Waals surface area (Å²) in [6.45, 7) is 0.689. The van der Waals surface area contributed by atoms with Gasteiger partial charge in [-0.25, -0.2) is 0 Å². The molecule has 0 atom stereocenters. The Morgan fingerprint density at radius 3 is 2.80 bits per heavy atom. The third kappa shape index (κ3) is 2.42. The quantitative estimate of drug-likeness (QED) is 0.919. The topological polar surface area (TPSA) is 43.8 Å². The molecule has 2 rings (SSSR count). The van der Waals surface area contributed by atoms with E-state index in [1.807, 2.05) is 6.20 Å². The van der Waals surface area contributed by atoms with Crippen LogP contribution in [0, 0.1) is 0 Å². The molecule has 1 aromatic rings. The highest BCUT2D eigenvalue weighted by atomic mass is 79.9. The van der Waals surface area contributed by atoms with Crippen molar-refractivity contribution in [2.75, 3.05) is 6.54 Å². The first-order valence-corrected chi connectivity index (χ1v) is 6.54. The van der Waals surface area contributed by atoms with Gasteiger partial charge in [0, 0.05) is 5.56 Å². The molecule has 0 aromatic carbocycles. The van der Waals surface area contributed by atoms with E-state index in [1.165, 1.54) is 37.7 Å². The van der Waals surface area contributed by atoms with Crippen molar-refractivity contribution in [1.29, 1.82) is 0 Å². The van der Waals surface area contributed by atoms with Crippen LogP contribution in [0.3, 0.4) is 0 Å². The maximum Gasteiger partial charge on any atom is 0.107 e. The predicted octanol–water partition coefficient (Wildman–Crippen LogP) is 2.65. The van der Waals surface area contributed by atoms with Gasteiger partial charge in [0.25, 0.3) is 0 Å². The van der Waals surface area contributed by atoms with Gasteiger partial charge in [-0.05, 0) is 41.7 Å². The monoisotopic (exact) mass is 271 g/mol. The molecule has 1 fully saturated rings. The minimum Gasteiger partial charge on any atom is -0.330 e. The summed E-state index contributed by atoms with van der Waals surface area (Å²) in [4.78, 5) is 0. The normalized spacial score (nSPS) is 18.3. The van der Waals surface area contributed by atoms with Crippen molar-refractivity contribution in [1.82, 2.24) is 9.78 Å². The standard InChI is InChI=1S/C11H18BrN3/c12-11-9(6-7-13)8-14-15(11)10-4-2-1-3-5-10/h8,10H,1-7,13H2. The molecule has 3 nitrogen and oxygen atoms in total. The van der Waals surface area contributed by atoms with Crippen LogP contribution in [0.25, 0.3) is 0 Å². The Morgan fingerprint density at radius 1 is 1.40 bits per heavy atom. The van der Waals surface area contributed by atoms with Crippen molar-refractivity contribution in [2.24, 2.45) is 5.73 Å². The van der Waals surface area contributed by atoms with E-state index in [0.717, 1.165) is 11.0 Å². The van der Waals surface area contributed by atoms with Gasteiger partial charge in [0.2, 0.25) is 0 Å². The average molecular weight is 272 g/mol. The maximum absolute atomic E-state index is 5.56. The molecular weight excluding hydrogens is 254 g/mol. The number of hydrogen-bond donors (Lipinski definition) is 1. The molecule has 0 bridgehead atoms. The molecule has 4 heteroatoms. The lowest BCUT2D eigenvalue weighted by atomic mass is 9.96. The second-order valence-electron chi connectivity index (χ2n) is 4.24. The highest BCUT2D eigenvalue weighted by Crippen LogP contribution is 2.31. The van der Waals surface area contributed by atoms with E-state index in [9.17, 15) is 0 Å². The van der Waals surface area contributed by atoms with Crippen LogP contribution in [0.5, 0.6) is 0 Å². The zero-order valence-electron chi connectivity index (χ0n) is 8.95. The number of nitrogens with zero attached hydrogens (tertiary/aromatic N) is 2. The fraction of sp³-hybridized carbons (Fsp3) is 0.727. The SMILES string of the molecule is NCCc1cnn(C2CCCCC2)c1Br. The zero-order chi connectivity index (χ0) is 10.7. The van der Waals surface area contributed by atoms with E-state index in [1.54, 1.807) is 0 Å². The Hall–Kier alpha value is -0.350. The van der Waals surface area contributed by atoms with E-state index in [4.69, 9.17) is 5.73 Å². The lowest BCUT2D eigenvalue weighted by Gasteiger charge is -2.22. The molecule has 0 aliphatic heterocycles. The molecule has 1 saturated carbocycles. The number of nitrogens with two attached hydrogens (primary N) is 1. The van der Waals surface area contributed by atoms with Crippen LogP contribution in [-0.2, 0) is 6.42 Å². The first-order chi connectivity index (χ1) is 7.33. The zero-order valence-corrected chi connectivity index (χ0v) is 10.5. The summed E-state index contributed by atoms with van der Waals surface area (Å²) in [6, 6.07) is 0.597. The second kappa shape index (κ2) is 5.12. The largest absolute Gasteiger partial charge is 0.330 e. The summed E-state index contributed by atoms with van der Waals surface area (Å²) < 4.78 is 3.28.